The van der Waals surface area contributed by atoms with E-state index in [1.54, 1.807) is 6.92 Å². The number of hydrogen-bond donors (Lipinski definition) is 1. The normalized spacial score (nSPS) is 19.1. The molecule has 116 valence electrons. The lowest BCUT2D eigenvalue weighted by Crippen LogP contribution is -2.51. The summed E-state index contributed by atoms with van der Waals surface area (Å²) in [5.74, 6) is 0.671. The maximum atomic E-state index is 11.6. The lowest BCUT2D eigenvalue weighted by molar-refractivity contribution is -0.146. The van der Waals surface area contributed by atoms with Crippen molar-refractivity contribution >= 4 is 11.8 Å². The second-order valence-corrected chi connectivity index (χ2v) is 5.68. The quantitative estimate of drug-likeness (QED) is 0.796. The molecule has 0 radical (unpaired) electrons. The first-order valence-corrected chi connectivity index (χ1v) is 7.28. The van der Waals surface area contributed by atoms with E-state index in [2.05, 4.69) is 14.8 Å². The van der Waals surface area contributed by atoms with Gasteiger partial charge in [0.05, 0.1) is 7.11 Å². The van der Waals surface area contributed by atoms with Gasteiger partial charge in [0.2, 0.25) is 0 Å². The van der Waals surface area contributed by atoms with E-state index < -0.39 is 5.54 Å². The Morgan fingerprint density at radius 2 is 2.10 bits per heavy atom. The van der Waals surface area contributed by atoms with Crippen molar-refractivity contribution in [2.24, 2.45) is 5.73 Å². The van der Waals surface area contributed by atoms with Gasteiger partial charge in [-0.1, -0.05) is 6.07 Å². The van der Waals surface area contributed by atoms with Gasteiger partial charge in [-0.15, -0.1) is 0 Å². The van der Waals surface area contributed by atoms with Crippen LogP contribution in [0, 0.1) is 0 Å². The average molecular weight is 292 g/mol. The number of piperazine rings is 1. The SMILES string of the molecule is COC(=O)C(C)(N)CCN1CCN(c2ccccn2)CC1. The first-order valence-electron chi connectivity index (χ1n) is 7.28. The molecular weight excluding hydrogens is 268 g/mol. The van der Waals surface area contributed by atoms with Crippen LogP contribution in [0.15, 0.2) is 24.4 Å². The molecule has 0 aliphatic carbocycles. The fraction of sp³-hybridized carbons (Fsp3) is 0.600. The number of methoxy groups -OCH3 is 1. The Bertz CT molecular complexity index is 456. The lowest BCUT2D eigenvalue weighted by atomic mass is 9.99. The van der Waals surface area contributed by atoms with Crippen LogP contribution in [-0.2, 0) is 9.53 Å². The molecule has 1 aliphatic rings. The summed E-state index contributed by atoms with van der Waals surface area (Å²) in [4.78, 5) is 20.5. The highest BCUT2D eigenvalue weighted by molar-refractivity contribution is 5.79. The van der Waals surface area contributed by atoms with Crippen LogP contribution in [0.2, 0.25) is 0 Å². The van der Waals surface area contributed by atoms with Gasteiger partial charge in [0.25, 0.3) is 0 Å². The molecule has 1 aromatic rings. The molecule has 1 fully saturated rings. The molecule has 1 saturated heterocycles. The molecule has 1 aliphatic heterocycles. The summed E-state index contributed by atoms with van der Waals surface area (Å²) in [6, 6.07) is 5.96. The third-order valence-corrected chi connectivity index (χ3v) is 3.94. The standard InChI is InChI=1S/C15H24N4O2/c1-15(16,14(20)21-2)6-8-18-9-11-19(12-10-18)13-5-3-4-7-17-13/h3-5,7H,6,8-12,16H2,1-2H3. The molecule has 0 saturated carbocycles. The van der Waals surface area contributed by atoms with Gasteiger partial charge in [0.15, 0.2) is 0 Å². The van der Waals surface area contributed by atoms with Crippen molar-refractivity contribution in [3.63, 3.8) is 0 Å². The number of esters is 1. The van der Waals surface area contributed by atoms with Gasteiger partial charge in [0, 0.05) is 38.9 Å². The second-order valence-electron chi connectivity index (χ2n) is 5.68. The Balaban J connectivity index is 1.78. The zero-order valence-electron chi connectivity index (χ0n) is 12.8. The predicted octanol–water partition coefficient (Wildman–Crippen LogP) is 0.484. The molecule has 2 rings (SSSR count). The largest absolute Gasteiger partial charge is 0.468 e. The zero-order chi connectivity index (χ0) is 15.3. The van der Waals surface area contributed by atoms with Gasteiger partial charge in [-0.05, 0) is 25.5 Å². The fourth-order valence-electron chi connectivity index (χ4n) is 2.47. The first kappa shape index (κ1) is 15.7. The molecule has 0 aromatic carbocycles. The Hall–Kier alpha value is -1.66. The van der Waals surface area contributed by atoms with Gasteiger partial charge in [-0.2, -0.15) is 0 Å². The van der Waals surface area contributed by atoms with Crippen LogP contribution < -0.4 is 10.6 Å². The number of anilines is 1. The molecule has 0 amide bonds. The van der Waals surface area contributed by atoms with Crippen LogP contribution >= 0.6 is 0 Å². The maximum absolute atomic E-state index is 11.6. The Morgan fingerprint density at radius 1 is 1.38 bits per heavy atom. The number of aromatic nitrogens is 1. The smallest absolute Gasteiger partial charge is 0.325 e. The van der Waals surface area contributed by atoms with Crippen LogP contribution in [0.5, 0.6) is 0 Å². The van der Waals surface area contributed by atoms with E-state index in [4.69, 9.17) is 10.5 Å². The van der Waals surface area contributed by atoms with E-state index in [0.29, 0.717) is 6.42 Å². The van der Waals surface area contributed by atoms with E-state index in [1.165, 1.54) is 7.11 Å². The summed E-state index contributed by atoms with van der Waals surface area (Å²) in [7, 11) is 1.37. The van der Waals surface area contributed by atoms with Crippen molar-refractivity contribution in [2.75, 3.05) is 44.7 Å². The highest BCUT2D eigenvalue weighted by Gasteiger charge is 2.30. The minimum absolute atomic E-state index is 0.352. The van der Waals surface area contributed by atoms with Gasteiger partial charge in [-0.25, -0.2) is 4.98 Å². The van der Waals surface area contributed by atoms with Gasteiger partial charge in [-0.3, -0.25) is 9.69 Å². The van der Waals surface area contributed by atoms with Crippen LogP contribution in [0.1, 0.15) is 13.3 Å². The van der Waals surface area contributed by atoms with Crippen LogP contribution in [0.3, 0.4) is 0 Å². The van der Waals surface area contributed by atoms with E-state index in [-0.39, 0.29) is 5.97 Å². The number of hydrogen-bond acceptors (Lipinski definition) is 6. The zero-order valence-corrected chi connectivity index (χ0v) is 12.8. The lowest BCUT2D eigenvalue weighted by Gasteiger charge is -2.36. The number of nitrogens with two attached hydrogens (primary N) is 1. The maximum Gasteiger partial charge on any atom is 0.325 e. The number of pyridine rings is 1. The van der Waals surface area contributed by atoms with Gasteiger partial charge < -0.3 is 15.4 Å². The topological polar surface area (TPSA) is 71.7 Å². The summed E-state index contributed by atoms with van der Waals surface area (Å²) in [5, 5.41) is 0. The summed E-state index contributed by atoms with van der Waals surface area (Å²) < 4.78 is 4.73. The van der Waals surface area contributed by atoms with Crippen molar-refractivity contribution in [2.45, 2.75) is 18.9 Å². The highest BCUT2D eigenvalue weighted by Crippen LogP contribution is 2.14. The molecule has 0 bridgehead atoms. The van der Waals surface area contributed by atoms with E-state index in [9.17, 15) is 4.79 Å². The molecule has 2 heterocycles. The molecular formula is C15H24N4O2. The van der Waals surface area contributed by atoms with Crippen LogP contribution in [0.25, 0.3) is 0 Å². The van der Waals surface area contributed by atoms with Crippen molar-refractivity contribution in [3.8, 4) is 0 Å². The molecule has 1 aromatic heterocycles. The van der Waals surface area contributed by atoms with E-state index >= 15 is 0 Å². The number of carbonyl (C=O) groups is 1. The van der Waals surface area contributed by atoms with Crippen molar-refractivity contribution < 1.29 is 9.53 Å². The number of nitrogens with zero attached hydrogens (tertiary/aromatic N) is 3. The van der Waals surface area contributed by atoms with Crippen molar-refractivity contribution in [3.05, 3.63) is 24.4 Å². The minimum Gasteiger partial charge on any atom is -0.468 e. The summed E-state index contributed by atoms with van der Waals surface area (Å²) in [5.41, 5.74) is 5.07. The Morgan fingerprint density at radius 3 is 2.67 bits per heavy atom. The highest BCUT2D eigenvalue weighted by atomic mass is 16.5. The minimum atomic E-state index is -0.910. The van der Waals surface area contributed by atoms with Crippen LogP contribution in [0.4, 0.5) is 5.82 Å². The monoisotopic (exact) mass is 292 g/mol. The first-order chi connectivity index (χ1) is 10.0. The molecule has 6 nitrogen and oxygen atoms in total. The molecule has 1 atom stereocenters. The molecule has 1 unspecified atom stereocenters. The Kier molecular flexibility index (Phi) is 5.14. The van der Waals surface area contributed by atoms with Gasteiger partial charge in [0.1, 0.15) is 11.4 Å². The summed E-state index contributed by atoms with van der Waals surface area (Å²) >= 11 is 0. The third-order valence-electron chi connectivity index (χ3n) is 3.94. The summed E-state index contributed by atoms with van der Waals surface area (Å²) in [6.07, 6.45) is 2.42. The number of carbonyl (C=O) groups excluding carboxylic acids is 1. The number of ether oxygens (including phenoxy) is 1. The van der Waals surface area contributed by atoms with Gasteiger partial charge >= 0.3 is 5.97 Å². The predicted molar refractivity (Wildman–Crippen MR) is 82.1 cm³/mol. The van der Waals surface area contributed by atoms with Crippen LogP contribution in [-0.4, -0.2) is 61.2 Å². The number of rotatable bonds is 5. The fourth-order valence-corrected chi connectivity index (χ4v) is 2.47. The molecule has 6 heteroatoms. The van der Waals surface area contributed by atoms with E-state index in [0.717, 1.165) is 38.5 Å². The summed E-state index contributed by atoms with van der Waals surface area (Å²) in [6.45, 7) is 6.32. The molecule has 21 heavy (non-hydrogen) atoms. The molecule has 2 N–H and O–H groups in total. The second kappa shape index (κ2) is 6.87. The molecule has 0 spiro atoms. The van der Waals surface area contributed by atoms with Crippen molar-refractivity contribution in [1.29, 1.82) is 0 Å². The Labute approximate surface area is 125 Å². The van der Waals surface area contributed by atoms with Crippen molar-refractivity contribution in [1.82, 2.24) is 9.88 Å². The third kappa shape index (κ3) is 4.15. The van der Waals surface area contributed by atoms with E-state index in [1.807, 2.05) is 24.4 Å². The average Bonchev–Trinajstić information content (AvgIpc) is 2.53.